The third-order valence-corrected chi connectivity index (χ3v) is 4.47. The van der Waals surface area contributed by atoms with Gasteiger partial charge in [0, 0.05) is 36.1 Å². The minimum absolute atomic E-state index is 0.764. The molecule has 0 unspecified atom stereocenters. The number of aryl methyl sites for hydroxylation is 2. The average molecular weight is 307 g/mol. The lowest BCUT2D eigenvalue weighted by atomic mass is 10.0. The molecule has 3 N–H and O–H groups in total. The van der Waals surface area contributed by atoms with Crippen LogP contribution in [0.4, 0.5) is 5.69 Å². The zero-order valence-electron chi connectivity index (χ0n) is 13.3. The molecule has 0 radical (unpaired) electrons. The van der Waals surface area contributed by atoms with E-state index in [0.29, 0.717) is 0 Å². The zero-order valence-corrected chi connectivity index (χ0v) is 13.3. The number of rotatable bonds is 3. The summed E-state index contributed by atoms with van der Waals surface area (Å²) in [6, 6.07) is 8.85. The number of hydrogen-bond acceptors (Lipinski definition) is 4. The second-order valence-electron chi connectivity index (χ2n) is 6.18. The van der Waals surface area contributed by atoms with Crippen molar-refractivity contribution in [3.05, 3.63) is 52.8 Å². The van der Waals surface area contributed by atoms with Crippen LogP contribution >= 0.6 is 0 Å². The molecule has 1 aliphatic rings. The summed E-state index contributed by atoms with van der Waals surface area (Å²) in [5, 5.41) is 15.2. The Morgan fingerprint density at radius 3 is 3.13 bits per heavy atom. The van der Waals surface area contributed by atoms with Crippen molar-refractivity contribution in [3.63, 3.8) is 0 Å². The van der Waals surface area contributed by atoms with E-state index in [1.165, 1.54) is 24.0 Å². The maximum Gasteiger partial charge on any atom is 0.181 e. The third kappa shape index (κ3) is 2.92. The van der Waals surface area contributed by atoms with Gasteiger partial charge in [0.15, 0.2) is 5.65 Å². The van der Waals surface area contributed by atoms with Crippen LogP contribution < -0.4 is 10.6 Å². The summed E-state index contributed by atoms with van der Waals surface area (Å²) >= 11 is 0. The van der Waals surface area contributed by atoms with E-state index in [9.17, 15) is 0 Å². The monoisotopic (exact) mass is 307 g/mol. The van der Waals surface area contributed by atoms with Crippen LogP contribution in [0, 0.1) is 6.92 Å². The molecule has 1 aromatic carbocycles. The van der Waals surface area contributed by atoms with E-state index in [0.717, 1.165) is 47.6 Å². The van der Waals surface area contributed by atoms with E-state index in [4.69, 9.17) is 0 Å². The van der Waals surface area contributed by atoms with Crippen molar-refractivity contribution in [2.24, 2.45) is 0 Å². The van der Waals surface area contributed by atoms with Crippen molar-refractivity contribution < 1.29 is 0 Å². The number of pyridine rings is 1. The first-order valence-corrected chi connectivity index (χ1v) is 8.15. The number of H-pyrrole nitrogens is 1. The number of aromatic amines is 1. The van der Waals surface area contributed by atoms with Crippen LogP contribution in [0.25, 0.3) is 11.0 Å². The molecule has 4 rings (SSSR count). The second kappa shape index (κ2) is 6.01. The first-order valence-electron chi connectivity index (χ1n) is 8.15. The fourth-order valence-electron chi connectivity index (χ4n) is 3.13. The first-order chi connectivity index (χ1) is 11.3. The molecule has 3 aromatic rings. The number of aromatic nitrogens is 3. The van der Waals surface area contributed by atoms with Crippen molar-refractivity contribution in [2.45, 2.75) is 32.9 Å². The fraction of sp³-hybridized carbons (Fsp3) is 0.333. The summed E-state index contributed by atoms with van der Waals surface area (Å²) in [6.07, 6.45) is 4.28. The van der Waals surface area contributed by atoms with E-state index >= 15 is 0 Å². The van der Waals surface area contributed by atoms with E-state index in [1.807, 2.05) is 13.1 Å². The molecule has 0 bridgehead atoms. The maximum absolute atomic E-state index is 4.40. The molecule has 2 aromatic heterocycles. The fourth-order valence-corrected chi connectivity index (χ4v) is 3.13. The molecular formula is C18H21N5. The Hall–Kier alpha value is -2.40. The molecule has 0 aliphatic carbocycles. The Labute approximate surface area is 135 Å². The topological polar surface area (TPSA) is 65.6 Å². The maximum atomic E-state index is 4.40. The van der Waals surface area contributed by atoms with Gasteiger partial charge in [-0.2, -0.15) is 5.10 Å². The molecule has 0 fully saturated rings. The summed E-state index contributed by atoms with van der Waals surface area (Å²) in [5.41, 5.74) is 7.05. The lowest BCUT2D eigenvalue weighted by Crippen LogP contribution is -2.12. The molecule has 5 heteroatoms. The van der Waals surface area contributed by atoms with Gasteiger partial charge < -0.3 is 10.6 Å². The molecule has 0 saturated heterocycles. The highest BCUT2D eigenvalue weighted by Crippen LogP contribution is 2.20. The van der Waals surface area contributed by atoms with Gasteiger partial charge in [0.1, 0.15) is 0 Å². The van der Waals surface area contributed by atoms with E-state index in [2.05, 4.69) is 50.1 Å². The van der Waals surface area contributed by atoms with Crippen molar-refractivity contribution in [2.75, 3.05) is 11.9 Å². The molecule has 23 heavy (non-hydrogen) atoms. The van der Waals surface area contributed by atoms with Crippen LogP contribution in [0.15, 0.2) is 30.5 Å². The van der Waals surface area contributed by atoms with Gasteiger partial charge in [-0.1, -0.05) is 6.07 Å². The molecule has 0 amide bonds. The number of hydrogen-bond donors (Lipinski definition) is 3. The second-order valence-corrected chi connectivity index (χ2v) is 6.18. The van der Waals surface area contributed by atoms with Crippen molar-refractivity contribution in [1.29, 1.82) is 0 Å². The van der Waals surface area contributed by atoms with Gasteiger partial charge in [0.2, 0.25) is 0 Å². The summed E-state index contributed by atoms with van der Waals surface area (Å²) in [4.78, 5) is 4.40. The Bertz CT molecular complexity index is 837. The molecule has 0 spiro atoms. The minimum atomic E-state index is 0.764. The van der Waals surface area contributed by atoms with Crippen molar-refractivity contribution in [3.8, 4) is 0 Å². The van der Waals surface area contributed by atoms with Crippen molar-refractivity contribution in [1.82, 2.24) is 20.5 Å². The summed E-state index contributed by atoms with van der Waals surface area (Å²) in [7, 11) is 0. The Morgan fingerprint density at radius 1 is 1.22 bits per heavy atom. The zero-order chi connectivity index (χ0) is 15.6. The van der Waals surface area contributed by atoms with Crippen LogP contribution in [0.5, 0.6) is 0 Å². The molecule has 118 valence electrons. The van der Waals surface area contributed by atoms with Crippen molar-refractivity contribution >= 4 is 16.7 Å². The summed E-state index contributed by atoms with van der Waals surface area (Å²) in [5.74, 6) is 0. The normalized spacial score (nSPS) is 14.5. The summed E-state index contributed by atoms with van der Waals surface area (Å²) in [6.45, 7) is 4.85. The number of nitrogens with zero attached hydrogens (tertiary/aromatic N) is 2. The highest BCUT2D eigenvalue weighted by Gasteiger charge is 2.08. The Morgan fingerprint density at radius 2 is 2.17 bits per heavy atom. The van der Waals surface area contributed by atoms with Crippen LogP contribution in [0.2, 0.25) is 0 Å². The number of benzene rings is 1. The van der Waals surface area contributed by atoms with Crippen LogP contribution in [-0.2, 0) is 19.5 Å². The molecular weight excluding hydrogens is 286 g/mol. The van der Waals surface area contributed by atoms with Crippen LogP contribution in [0.1, 0.15) is 28.8 Å². The average Bonchev–Trinajstić information content (AvgIpc) is 2.80. The van der Waals surface area contributed by atoms with E-state index < -0.39 is 0 Å². The Kier molecular flexibility index (Phi) is 3.71. The smallest absolute Gasteiger partial charge is 0.181 e. The first kappa shape index (κ1) is 14.2. The molecule has 1 aliphatic heterocycles. The van der Waals surface area contributed by atoms with Gasteiger partial charge in [0.25, 0.3) is 0 Å². The predicted octanol–water partition coefficient (Wildman–Crippen LogP) is 2.91. The lowest BCUT2D eigenvalue weighted by Gasteiger charge is -2.11. The van der Waals surface area contributed by atoms with E-state index in [1.54, 1.807) is 0 Å². The van der Waals surface area contributed by atoms with Gasteiger partial charge >= 0.3 is 0 Å². The SMILES string of the molecule is Cc1[nH]nc2ncc(CNc3ccc4c(c3)CNCCC4)cc12. The van der Waals surface area contributed by atoms with Gasteiger partial charge in [-0.3, -0.25) is 5.10 Å². The Balaban J connectivity index is 1.51. The summed E-state index contributed by atoms with van der Waals surface area (Å²) < 4.78 is 0. The van der Waals surface area contributed by atoms with Gasteiger partial charge in [-0.15, -0.1) is 0 Å². The highest BCUT2D eigenvalue weighted by molar-refractivity contribution is 5.77. The third-order valence-electron chi connectivity index (χ3n) is 4.47. The highest BCUT2D eigenvalue weighted by atomic mass is 15.1. The van der Waals surface area contributed by atoms with E-state index in [-0.39, 0.29) is 0 Å². The van der Waals surface area contributed by atoms with Crippen LogP contribution in [-0.4, -0.2) is 21.7 Å². The standard InChI is InChI=1S/C18H21N5/c1-12-17-7-13(10-21-18(17)23-22-12)9-20-16-5-4-14-3-2-6-19-11-15(14)8-16/h4-5,7-8,10,19-20H,2-3,6,9,11H2,1H3,(H,21,22,23). The van der Waals surface area contributed by atoms with Gasteiger partial charge in [0.05, 0.1) is 0 Å². The van der Waals surface area contributed by atoms with Gasteiger partial charge in [-0.05, 0) is 61.2 Å². The van der Waals surface area contributed by atoms with Gasteiger partial charge in [-0.25, -0.2) is 4.98 Å². The van der Waals surface area contributed by atoms with Crippen LogP contribution in [0.3, 0.4) is 0 Å². The predicted molar refractivity (Wildman–Crippen MR) is 92.4 cm³/mol. The lowest BCUT2D eigenvalue weighted by molar-refractivity contribution is 0.681. The quantitative estimate of drug-likeness (QED) is 0.696. The number of fused-ring (bicyclic) bond motifs is 2. The molecule has 0 saturated carbocycles. The number of anilines is 1. The largest absolute Gasteiger partial charge is 0.381 e. The molecule has 0 atom stereocenters. The molecule has 3 heterocycles. The minimum Gasteiger partial charge on any atom is -0.381 e. The number of nitrogens with one attached hydrogen (secondary N) is 3. The molecule has 5 nitrogen and oxygen atoms in total.